The Morgan fingerprint density at radius 2 is 2.15 bits per heavy atom. The molecule has 108 valence electrons. The predicted molar refractivity (Wildman–Crippen MR) is 81.7 cm³/mol. The van der Waals surface area contributed by atoms with Gasteiger partial charge < -0.3 is 14.5 Å². The fraction of sp³-hybridized carbons (Fsp3) is 0.429. The van der Waals surface area contributed by atoms with Gasteiger partial charge in [0.25, 0.3) is 0 Å². The highest BCUT2D eigenvalue weighted by Gasteiger charge is 2.18. The van der Waals surface area contributed by atoms with Crippen LogP contribution in [0.5, 0.6) is 0 Å². The van der Waals surface area contributed by atoms with E-state index in [2.05, 4.69) is 16.6 Å². The summed E-state index contributed by atoms with van der Waals surface area (Å²) < 4.78 is 3.93. The fourth-order valence-electron chi connectivity index (χ4n) is 2.05. The molecule has 0 aromatic carbocycles. The molecule has 0 aliphatic carbocycles. The van der Waals surface area contributed by atoms with E-state index in [0.717, 1.165) is 18.7 Å². The third-order valence-electron chi connectivity index (χ3n) is 3.11. The average molecular weight is 292 g/mol. The number of nitrogens with zero attached hydrogens (tertiary/aromatic N) is 3. The van der Waals surface area contributed by atoms with E-state index in [1.807, 2.05) is 39.9 Å². The molecule has 1 atom stereocenters. The van der Waals surface area contributed by atoms with Gasteiger partial charge in [-0.3, -0.25) is 4.79 Å². The second-order valence-electron chi connectivity index (χ2n) is 4.52. The van der Waals surface area contributed by atoms with Crippen LogP contribution in [-0.4, -0.2) is 38.6 Å². The molecule has 2 heterocycles. The minimum Gasteiger partial charge on any atom is -0.353 e. The Balaban J connectivity index is 1.86. The molecule has 0 aliphatic heterocycles. The Labute approximate surface area is 123 Å². The van der Waals surface area contributed by atoms with Crippen LogP contribution in [0.1, 0.15) is 12.5 Å². The first-order valence-corrected chi connectivity index (χ1v) is 8.05. The van der Waals surface area contributed by atoms with E-state index >= 15 is 0 Å². The lowest BCUT2D eigenvalue weighted by atomic mass is 10.2. The van der Waals surface area contributed by atoms with Gasteiger partial charge in [0.15, 0.2) is 0 Å². The van der Waals surface area contributed by atoms with Crippen LogP contribution in [0.3, 0.4) is 0 Å². The third-order valence-corrected chi connectivity index (χ3v) is 3.76. The molecule has 0 radical (unpaired) electrons. The van der Waals surface area contributed by atoms with Crippen molar-refractivity contribution in [1.29, 1.82) is 0 Å². The van der Waals surface area contributed by atoms with Crippen molar-refractivity contribution in [1.82, 2.24) is 19.4 Å². The summed E-state index contributed by atoms with van der Waals surface area (Å²) in [5.74, 6) is 1.05. The quantitative estimate of drug-likeness (QED) is 0.807. The van der Waals surface area contributed by atoms with Gasteiger partial charge in [0.1, 0.15) is 6.04 Å². The molecule has 0 aliphatic rings. The lowest BCUT2D eigenvalue weighted by Crippen LogP contribution is -2.34. The van der Waals surface area contributed by atoms with Gasteiger partial charge in [0, 0.05) is 37.9 Å². The zero-order valence-corrected chi connectivity index (χ0v) is 12.4. The maximum atomic E-state index is 12.3. The number of hydrogen-bond donors (Lipinski definition) is 1. The summed E-state index contributed by atoms with van der Waals surface area (Å²) in [7, 11) is 0. The molecular formula is C14H20N4OS. The topological polar surface area (TPSA) is 51.9 Å². The highest BCUT2D eigenvalue weighted by Crippen LogP contribution is 2.14. The molecule has 1 amide bonds. The Morgan fingerprint density at radius 3 is 2.80 bits per heavy atom. The standard InChI is InChI=1S/C14H20N4OS/c1-20-11-4-13(18-7-2-3-8-18)14(19)16-6-10-17-9-5-15-12-17/h2-3,5,7-9,12-13H,4,6,10-11H2,1H3,(H,16,19). The Kier molecular flexibility index (Phi) is 5.73. The van der Waals surface area contributed by atoms with Crippen LogP contribution in [0.15, 0.2) is 43.2 Å². The van der Waals surface area contributed by atoms with Crippen LogP contribution in [0.25, 0.3) is 0 Å². The molecule has 2 aromatic heterocycles. The summed E-state index contributed by atoms with van der Waals surface area (Å²) in [5.41, 5.74) is 0. The van der Waals surface area contributed by atoms with Gasteiger partial charge in [-0.2, -0.15) is 11.8 Å². The number of nitrogens with one attached hydrogen (secondary N) is 1. The SMILES string of the molecule is CSCCC(C(=O)NCCn1ccnc1)n1cccc1. The summed E-state index contributed by atoms with van der Waals surface area (Å²) in [5, 5.41) is 3.00. The normalized spacial score (nSPS) is 12.2. The van der Waals surface area contributed by atoms with Gasteiger partial charge >= 0.3 is 0 Å². The second-order valence-corrected chi connectivity index (χ2v) is 5.50. The molecule has 2 aromatic rings. The highest BCUT2D eigenvalue weighted by molar-refractivity contribution is 7.98. The first-order chi connectivity index (χ1) is 9.81. The van der Waals surface area contributed by atoms with Gasteiger partial charge in [0.05, 0.1) is 6.33 Å². The van der Waals surface area contributed by atoms with Crippen molar-refractivity contribution in [3.05, 3.63) is 43.2 Å². The Morgan fingerprint density at radius 1 is 1.35 bits per heavy atom. The van der Waals surface area contributed by atoms with E-state index in [-0.39, 0.29) is 11.9 Å². The van der Waals surface area contributed by atoms with E-state index in [0.29, 0.717) is 6.54 Å². The molecule has 20 heavy (non-hydrogen) atoms. The van der Waals surface area contributed by atoms with Crippen molar-refractivity contribution >= 4 is 17.7 Å². The largest absolute Gasteiger partial charge is 0.353 e. The lowest BCUT2D eigenvalue weighted by molar-refractivity contribution is -0.124. The molecule has 1 N–H and O–H groups in total. The first-order valence-electron chi connectivity index (χ1n) is 6.66. The van der Waals surface area contributed by atoms with E-state index in [9.17, 15) is 4.79 Å². The van der Waals surface area contributed by atoms with Crippen molar-refractivity contribution in [2.75, 3.05) is 18.6 Å². The van der Waals surface area contributed by atoms with Crippen molar-refractivity contribution in [3.8, 4) is 0 Å². The van der Waals surface area contributed by atoms with Crippen LogP contribution in [-0.2, 0) is 11.3 Å². The lowest BCUT2D eigenvalue weighted by Gasteiger charge is -2.18. The minimum absolute atomic E-state index is 0.0790. The number of imidazole rings is 1. The van der Waals surface area contributed by atoms with Gasteiger partial charge in [-0.1, -0.05) is 0 Å². The molecule has 0 spiro atoms. The van der Waals surface area contributed by atoms with Gasteiger partial charge in [-0.15, -0.1) is 0 Å². The van der Waals surface area contributed by atoms with Crippen LogP contribution in [0, 0.1) is 0 Å². The monoisotopic (exact) mass is 292 g/mol. The highest BCUT2D eigenvalue weighted by atomic mass is 32.2. The van der Waals surface area contributed by atoms with Gasteiger partial charge in [-0.05, 0) is 30.6 Å². The summed E-state index contributed by atoms with van der Waals surface area (Å²) in [6.45, 7) is 1.36. The maximum absolute atomic E-state index is 12.3. The number of rotatable bonds is 8. The molecule has 0 saturated heterocycles. The summed E-state index contributed by atoms with van der Waals surface area (Å²) >= 11 is 1.76. The zero-order valence-electron chi connectivity index (χ0n) is 11.6. The molecule has 1 unspecified atom stereocenters. The average Bonchev–Trinajstić information content (AvgIpc) is 3.12. The second kappa shape index (κ2) is 7.79. The van der Waals surface area contributed by atoms with Gasteiger partial charge in [0.2, 0.25) is 5.91 Å². The number of carbonyl (C=O) groups is 1. The number of aromatic nitrogens is 3. The number of amides is 1. The maximum Gasteiger partial charge on any atom is 0.243 e. The zero-order chi connectivity index (χ0) is 14.2. The van der Waals surface area contributed by atoms with E-state index in [1.165, 1.54) is 0 Å². The summed E-state index contributed by atoms with van der Waals surface area (Å²) in [6, 6.07) is 3.77. The molecule has 0 fully saturated rings. The Bertz CT molecular complexity index is 495. The molecule has 0 bridgehead atoms. The number of hydrogen-bond acceptors (Lipinski definition) is 3. The summed E-state index contributed by atoms with van der Waals surface area (Å²) in [4.78, 5) is 16.3. The molecular weight excluding hydrogens is 272 g/mol. The minimum atomic E-state index is -0.125. The van der Waals surface area contributed by atoms with Crippen molar-refractivity contribution in [2.45, 2.75) is 19.0 Å². The molecule has 2 rings (SSSR count). The van der Waals surface area contributed by atoms with E-state index in [4.69, 9.17) is 0 Å². The smallest absolute Gasteiger partial charge is 0.243 e. The first kappa shape index (κ1) is 14.7. The van der Waals surface area contributed by atoms with Gasteiger partial charge in [-0.25, -0.2) is 4.98 Å². The summed E-state index contributed by atoms with van der Waals surface area (Å²) in [6.07, 6.45) is 12.2. The fourth-order valence-corrected chi connectivity index (χ4v) is 2.50. The van der Waals surface area contributed by atoms with E-state index < -0.39 is 0 Å². The third kappa shape index (κ3) is 4.16. The van der Waals surface area contributed by atoms with Crippen molar-refractivity contribution in [3.63, 3.8) is 0 Å². The number of carbonyl (C=O) groups excluding carboxylic acids is 1. The number of thioether (sulfide) groups is 1. The molecule has 6 heteroatoms. The predicted octanol–water partition coefficient (Wildman–Crippen LogP) is 1.80. The van der Waals surface area contributed by atoms with E-state index in [1.54, 1.807) is 24.3 Å². The van der Waals surface area contributed by atoms with Crippen molar-refractivity contribution in [2.24, 2.45) is 0 Å². The van der Waals surface area contributed by atoms with Crippen LogP contribution in [0.4, 0.5) is 0 Å². The molecule has 5 nitrogen and oxygen atoms in total. The Hall–Kier alpha value is -1.69. The van der Waals surface area contributed by atoms with Crippen LogP contribution < -0.4 is 5.32 Å². The van der Waals surface area contributed by atoms with Crippen LogP contribution in [0.2, 0.25) is 0 Å². The molecule has 0 saturated carbocycles. The van der Waals surface area contributed by atoms with Crippen LogP contribution >= 0.6 is 11.8 Å². The van der Waals surface area contributed by atoms with Crippen molar-refractivity contribution < 1.29 is 4.79 Å².